The summed E-state index contributed by atoms with van der Waals surface area (Å²) in [5.41, 5.74) is 0.108. The Bertz CT molecular complexity index is 362. The van der Waals surface area contributed by atoms with Gasteiger partial charge in [-0.2, -0.15) is 0 Å². The number of carbonyl (C=O) groups excluding carboxylic acids is 1. The zero-order chi connectivity index (χ0) is 10.7. The molecule has 14 heavy (non-hydrogen) atoms. The van der Waals surface area contributed by atoms with Gasteiger partial charge in [0, 0.05) is 6.07 Å². The van der Waals surface area contributed by atoms with Crippen molar-refractivity contribution in [1.82, 2.24) is 0 Å². The number of aldehydes is 1. The number of carbonyl (C=O) groups is 1. The summed E-state index contributed by atoms with van der Waals surface area (Å²) in [5, 5.41) is 9.56. The van der Waals surface area contributed by atoms with E-state index in [-0.39, 0.29) is 17.1 Å². The Hall–Kier alpha value is -0.980. The average molecular weight is 308 g/mol. The van der Waals surface area contributed by atoms with Crippen molar-refractivity contribution in [2.45, 2.75) is 0 Å². The predicted octanol–water partition coefficient (Wildman–Crippen LogP) is 1.83. The van der Waals surface area contributed by atoms with Crippen LogP contribution >= 0.6 is 22.6 Å². The Morgan fingerprint density at radius 1 is 1.43 bits per heavy atom. The number of methoxy groups -OCH3 is 2. The van der Waals surface area contributed by atoms with E-state index in [0.717, 1.165) is 0 Å². The summed E-state index contributed by atoms with van der Waals surface area (Å²) in [6, 6.07) is 1.60. The van der Waals surface area contributed by atoms with Gasteiger partial charge in [0.15, 0.2) is 17.8 Å². The fourth-order valence-corrected chi connectivity index (χ4v) is 1.66. The summed E-state index contributed by atoms with van der Waals surface area (Å²) in [6.45, 7) is 0. The molecule has 1 aromatic carbocycles. The molecular formula is C9H9IO4. The molecule has 1 rings (SSSR count). The first-order valence-corrected chi connectivity index (χ1v) is 4.82. The Kier molecular flexibility index (Phi) is 3.56. The van der Waals surface area contributed by atoms with Gasteiger partial charge < -0.3 is 14.6 Å². The van der Waals surface area contributed by atoms with Crippen molar-refractivity contribution in [3.05, 3.63) is 15.2 Å². The lowest BCUT2D eigenvalue weighted by Crippen LogP contribution is -1.97. The van der Waals surface area contributed by atoms with Crippen LogP contribution in [0.15, 0.2) is 6.07 Å². The molecule has 0 amide bonds. The van der Waals surface area contributed by atoms with E-state index >= 15 is 0 Å². The lowest BCUT2D eigenvalue weighted by Gasteiger charge is -2.11. The topological polar surface area (TPSA) is 55.8 Å². The number of phenols is 1. The van der Waals surface area contributed by atoms with Crippen LogP contribution in [0.1, 0.15) is 10.4 Å². The molecular weight excluding hydrogens is 299 g/mol. The van der Waals surface area contributed by atoms with Gasteiger partial charge in [-0.3, -0.25) is 4.79 Å². The average Bonchev–Trinajstić information content (AvgIpc) is 2.20. The van der Waals surface area contributed by atoms with Gasteiger partial charge >= 0.3 is 0 Å². The van der Waals surface area contributed by atoms with E-state index in [1.54, 1.807) is 6.07 Å². The van der Waals surface area contributed by atoms with Crippen LogP contribution in [0.3, 0.4) is 0 Å². The number of halogens is 1. The van der Waals surface area contributed by atoms with Gasteiger partial charge in [0.05, 0.1) is 17.8 Å². The highest BCUT2D eigenvalue weighted by atomic mass is 127. The Labute approximate surface area is 95.0 Å². The standard InChI is InChI=1S/C9H9IO4/c1-13-7-3-6(10)8(12)5(4-11)9(7)14-2/h3-4,12H,1-2H3. The molecule has 0 spiro atoms. The Morgan fingerprint density at radius 2 is 2.07 bits per heavy atom. The largest absolute Gasteiger partial charge is 0.506 e. The Balaban J connectivity index is 3.49. The summed E-state index contributed by atoms with van der Waals surface area (Å²) in [7, 11) is 2.89. The second-order valence-corrected chi connectivity index (χ2v) is 3.64. The first-order valence-electron chi connectivity index (χ1n) is 3.74. The predicted molar refractivity (Wildman–Crippen MR) is 59.3 cm³/mol. The van der Waals surface area contributed by atoms with Crippen LogP contribution in [-0.2, 0) is 0 Å². The fraction of sp³-hybridized carbons (Fsp3) is 0.222. The van der Waals surface area contributed by atoms with Crippen LogP contribution in [0.4, 0.5) is 0 Å². The Morgan fingerprint density at radius 3 is 2.50 bits per heavy atom. The monoisotopic (exact) mass is 308 g/mol. The van der Waals surface area contributed by atoms with Crippen LogP contribution in [0.2, 0.25) is 0 Å². The molecule has 0 aromatic heterocycles. The van der Waals surface area contributed by atoms with E-state index in [1.165, 1.54) is 14.2 Å². The maximum absolute atomic E-state index is 10.7. The van der Waals surface area contributed by atoms with Crippen molar-refractivity contribution in [2.24, 2.45) is 0 Å². The second kappa shape index (κ2) is 4.50. The summed E-state index contributed by atoms with van der Waals surface area (Å²) < 4.78 is 10.5. The smallest absolute Gasteiger partial charge is 0.175 e. The molecule has 0 aliphatic heterocycles. The van der Waals surface area contributed by atoms with Crippen LogP contribution in [0, 0.1) is 3.57 Å². The minimum atomic E-state index is -0.0850. The molecule has 4 nitrogen and oxygen atoms in total. The van der Waals surface area contributed by atoms with E-state index in [4.69, 9.17) is 9.47 Å². The number of hydrogen-bond donors (Lipinski definition) is 1. The molecule has 0 heterocycles. The molecule has 0 saturated carbocycles. The van der Waals surface area contributed by atoms with Crippen molar-refractivity contribution in [1.29, 1.82) is 0 Å². The van der Waals surface area contributed by atoms with E-state index in [9.17, 15) is 9.90 Å². The molecule has 0 saturated heterocycles. The molecule has 0 bridgehead atoms. The van der Waals surface area contributed by atoms with Crippen molar-refractivity contribution in [3.63, 3.8) is 0 Å². The summed E-state index contributed by atoms with van der Waals surface area (Å²) in [4.78, 5) is 10.7. The third-order valence-corrected chi connectivity index (χ3v) is 2.57. The van der Waals surface area contributed by atoms with Gasteiger partial charge in [-0.05, 0) is 22.6 Å². The van der Waals surface area contributed by atoms with Crippen molar-refractivity contribution >= 4 is 28.9 Å². The quantitative estimate of drug-likeness (QED) is 0.684. The molecule has 0 aliphatic carbocycles. The third kappa shape index (κ3) is 1.77. The van der Waals surface area contributed by atoms with Gasteiger partial charge in [0.25, 0.3) is 0 Å². The molecule has 0 atom stereocenters. The van der Waals surface area contributed by atoms with Crippen LogP contribution in [0.5, 0.6) is 17.2 Å². The molecule has 0 radical (unpaired) electrons. The highest BCUT2D eigenvalue weighted by molar-refractivity contribution is 14.1. The van der Waals surface area contributed by atoms with Crippen LogP contribution in [-0.4, -0.2) is 25.6 Å². The second-order valence-electron chi connectivity index (χ2n) is 2.47. The van der Waals surface area contributed by atoms with Gasteiger partial charge in [-0.25, -0.2) is 0 Å². The molecule has 1 aromatic rings. The minimum absolute atomic E-state index is 0.0850. The molecule has 0 aliphatic rings. The molecule has 1 N–H and O–H groups in total. The number of benzene rings is 1. The van der Waals surface area contributed by atoms with E-state index in [2.05, 4.69) is 0 Å². The number of hydrogen-bond acceptors (Lipinski definition) is 4. The first kappa shape index (κ1) is 11.1. The number of ether oxygens (including phenoxy) is 2. The van der Waals surface area contributed by atoms with Gasteiger partial charge in [0.2, 0.25) is 0 Å². The summed E-state index contributed by atoms with van der Waals surface area (Å²) in [6.07, 6.45) is 0.541. The number of aromatic hydroxyl groups is 1. The van der Waals surface area contributed by atoms with Gasteiger partial charge in [-0.15, -0.1) is 0 Å². The molecule has 0 fully saturated rings. The third-order valence-electron chi connectivity index (χ3n) is 1.75. The molecule has 76 valence electrons. The van der Waals surface area contributed by atoms with Gasteiger partial charge in [-0.1, -0.05) is 0 Å². The fourth-order valence-electron chi connectivity index (χ4n) is 1.09. The lowest BCUT2D eigenvalue weighted by atomic mass is 10.2. The first-order chi connectivity index (χ1) is 6.65. The van der Waals surface area contributed by atoms with Crippen LogP contribution in [0.25, 0.3) is 0 Å². The molecule has 0 unspecified atom stereocenters. The van der Waals surface area contributed by atoms with E-state index < -0.39 is 0 Å². The highest BCUT2D eigenvalue weighted by Crippen LogP contribution is 2.38. The number of rotatable bonds is 3. The van der Waals surface area contributed by atoms with Gasteiger partial charge in [0.1, 0.15) is 11.3 Å². The molecule has 5 heteroatoms. The lowest BCUT2D eigenvalue weighted by molar-refractivity contribution is 0.111. The van der Waals surface area contributed by atoms with Crippen molar-refractivity contribution < 1.29 is 19.4 Å². The minimum Gasteiger partial charge on any atom is -0.506 e. The highest BCUT2D eigenvalue weighted by Gasteiger charge is 2.17. The summed E-state index contributed by atoms with van der Waals surface area (Å²) in [5.74, 6) is 0.593. The van der Waals surface area contributed by atoms with Crippen molar-refractivity contribution in [2.75, 3.05) is 14.2 Å². The number of phenolic OH excluding ortho intramolecular Hbond substituents is 1. The van der Waals surface area contributed by atoms with Crippen LogP contribution < -0.4 is 9.47 Å². The maximum Gasteiger partial charge on any atom is 0.175 e. The normalized spacial score (nSPS) is 9.64. The maximum atomic E-state index is 10.7. The zero-order valence-electron chi connectivity index (χ0n) is 7.70. The zero-order valence-corrected chi connectivity index (χ0v) is 9.86. The van der Waals surface area contributed by atoms with Crippen molar-refractivity contribution in [3.8, 4) is 17.2 Å². The SMILES string of the molecule is COc1cc(I)c(O)c(C=O)c1OC. The summed E-state index contributed by atoms with van der Waals surface area (Å²) >= 11 is 1.91. The van der Waals surface area contributed by atoms with E-state index in [0.29, 0.717) is 15.6 Å². The van der Waals surface area contributed by atoms with E-state index in [1.807, 2.05) is 22.6 Å².